The molecule has 3 heterocycles. The molecule has 1 aromatic carbocycles. The molecule has 0 saturated heterocycles. The van der Waals surface area contributed by atoms with Gasteiger partial charge in [0.25, 0.3) is 0 Å². The number of aromatic nitrogens is 4. The first kappa shape index (κ1) is 18.0. The number of H-pyrrole nitrogens is 1. The highest BCUT2D eigenvalue weighted by Gasteiger charge is 2.10. The van der Waals surface area contributed by atoms with Crippen LogP contribution in [0.5, 0.6) is 0 Å². The summed E-state index contributed by atoms with van der Waals surface area (Å²) >= 11 is 12.0. The number of nitrogens with one attached hydrogen (secondary N) is 1. The van der Waals surface area contributed by atoms with Crippen molar-refractivity contribution in [3.05, 3.63) is 87.7 Å². The van der Waals surface area contributed by atoms with E-state index < -0.39 is 0 Å². The van der Waals surface area contributed by atoms with E-state index in [1.54, 1.807) is 6.20 Å². The average molecular weight is 397 g/mol. The summed E-state index contributed by atoms with van der Waals surface area (Å²) in [5.41, 5.74) is 4.25. The lowest BCUT2D eigenvalue weighted by atomic mass is 9.97. The van der Waals surface area contributed by atoms with E-state index in [2.05, 4.69) is 39.0 Å². The Morgan fingerprint density at radius 3 is 2.44 bits per heavy atom. The van der Waals surface area contributed by atoms with E-state index in [0.29, 0.717) is 10.9 Å². The van der Waals surface area contributed by atoms with E-state index >= 15 is 0 Å². The SMILES string of the molecule is CC(Cc1ncc(Cc2c[nH]c3ncc(Cl)cc23)cn1)c1ccc(Cl)cc1. The first-order chi connectivity index (χ1) is 13.1. The molecule has 0 aliphatic heterocycles. The van der Waals surface area contributed by atoms with Gasteiger partial charge in [-0.05, 0) is 40.8 Å². The van der Waals surface area contributed by atoms with Gasteiger partial charge in [-0.1, -0.05) is 42.3 Å². The van der Waals surface area contributed by atoms with Crippen molar-refractivity contribution in [3.8, 4) is 0 Å². The van der Waals surface area contributed by atoms with Gasteiger partial charge in [0.05, 0.1) is 5.02 Å². The van der Waals surface area contributed by atoms with Crippen LogP contribution in [0.15, 0.2) is 55.1 Å². The summed E-state index contributed by atoms with van der Waals surface area (Å²) in [6.07, 6.45) is 8.92. The highest BCUT2D eigenvalue weighted by molar-refractivity contribution is 6.31. The monoisotopic (exact) mass is 396 g/mol. The number of nitrogens with zero attached hydrogens (tertiary/aromatic N) is 3. The summed E-state index contributed by atoms with van der Waals surface area (Å²) < 4.78 is 0. The molecule has 136 valence electrons. The lowest BCUT2D eigenvalue weighted by Gasteiger charge is -2.11. The molecule has 0 aliphatic rings. The van der Waals surface area contributed by atoms with Crippen molar-refractivity contribution in [3.63, 3.8) is 0 Å². The van der Waals surface area contributed by atoms with Crippen molar-refractivity contribution in [2.75, 3.05) is 0 Å². The zero-order chi connectivity index (χ0) is 18.8. The van der Waals surface area contributed by atoms with Crippen LogP contribution >= 0.6 is 23.2 Å². The van der Waals surface area contributed by atoms with Crippen LogP contribution in [0, 0.1) is 0 Å². The fraction of sp³-hybridized carbons (Fsp3) is 0.190. The maximum atomic E-state index is 6.07. The van der Waals surface area contributed by atoms with Crippen LogP contribution in [0.3, 0.4) is 0 Å². The molecule has 0 amide bonds. The molecule has 1 unspecified atom stereocenters. The third-order valence-corrected chi connectivity index (χ3v) is 5.12. The van der Waals surface area contributed by atoms with Gasteiger partial charge in [0.1, 0.15) is 11.5 Å². The van der Waals surface area contributed by atoms with Gasteiger partial charge in [0.15, 0.2) is 0 Å². The minimum Gasteiger partial charge on any atom is -0.346 e. The summed E-state index contributed by atoms with van der Waals surface area (Å²) in [6.45, 7) is 2.17. The maximum absolute atomic E-state index is 6.07. The predicted octanol–water partition coefficient (Wildman–Crippen LogP) is 5.60. The van der Waals surface area contributed by atoms with Crippen LogP contribution in [-0.4, -0.2) is 19.9 Å². The first-order valence-corrected chi connectivity index (χ1v) is 9.51. The molecule has 0 radical (unpaired) electrons. The summed E-state index contributed by atoms with van der Waals surface area (Å²) in [5, 5.41) is 2.41. The Bertz CT molecular complexity index is 1060. The van der Waals surface area contributed by atoms with Crippen molar-refractivity contribution in [2.45, 2.75) is 25.7 Å². The van der Waals surface area contributed by atoms with Crippen molar-refractivity contribution in [1.29, 1.82) is 0 Å². The Hall–Kier alpha value is -2.43. The fourth-order valence-corrected chi connectivity index (χ4v) is 3.44. The van der Waals surface area contributed by atoms with Gasteiger partial charge in [-0.3, -0.25) is 0 Å². The van der Waals surface area contributed by atoms with Gasteiger partial charge in [-0.15, -0.1) is 0 Å². The third kappa shape index (κ3) is 4.12. The van der Waals surface area contributed by atoms with Crippen LogP contribution < -0.4 is 0 Å². The van der Waals surface area contributed by atoms with Gasteiger partial charge < -0.3 is 4.98 Å². The van der Waals surface area contributed by atoms with Gasteiger partial charge in [-0.25, -0.2) is 15.0 Å². The van der Waals surface area contributed by atoms with Crippen molar-refractivity contribution in [2.24, 2.45) is 0 Å². The molecule has 4 rings (SSSR count). The number of fused-ring (bicyclic) bond motifs is 1. The molecule has 27 heavy (non-hydrogen) atoms. The topological polar surface area (TPSA) is 54.5 Å². The Morgan fingerprint density at radius 1 is 0.963 bits per heavy atom. The maximum Gasteiger partial charge on any atom is 0.137 e. The average Bonchev–Trinajstić information content (AvgIpc) is 3.06. The molecule has 1 N–H and O–H groups in total. The summed E-state index contributed by atoms with van der Waals surface area (Å²) in [6, 6.07) is 9.87. The number of pyridine rings is 1. The highest BCUT2D eigenvalue weighted by atomic mass is 35.5. The molecule has 0 bridgehead atoms. The molecule has 4 nitrogen and oxygen atoms in total. The van der Waals surface area contributed by atoms with Crippen LogP contribution in [0.2, 0.25) is 10.0 Å². The number of aromatic amines is 1. The molecular formula is C21H18Cl2N4. The highest BCUT2D eigenvalue weighted by Crippen LogP contribution is 2.23. The number of benzene rings is 1. The summed E-state index contributed by atoms with van der Waals surface area (Å²) in [5.74, 6) is 1.17. The molecule has 1 atom stereocenters. The van der Waals surface area contributed by atoms with Gasteiger partial charge in [-0.2, -0.15) is 0 Å². The molecular weight excluding hydrogens is 379 g/mol. The molecule has 4 aromatic rings. The second-order valence-corrected chi connectivity index (χ2v) is 7.58. The van der Waals surface area contributed by atoms with E-state index in [9.17, 15) is 0 Å². The fourth-order valence-electron chi connectivity index (χ4n) is 3.16. The quantitative estimate of drug-likeness (QED) is 0.477. The van der Waals surface area contributed by atoms with Gasteiger partial charge in [0, 0.05) is 48.0 Å². The minimum atomic E-state index is 0.329. The molecule has 0 saturated carbocycles. The van der Waals surface area contributed by atoms with Gasteiger partial charge >= 0.3 is 0 Å². The number of rotatable bonds is 5. The molecule has 0 aliphatic carbocycles. The Labute approximate surface area is 167 Å². The Kier molecular flexibility index (Phi) is 5.10. The van der Waals surface area contributed by atoms with E-state index in [1.165, 1.54) is 5.56 Å². The number of halogens is 2. The Balaban J connectivity index is 1.47. The lowest BCUT2D eigenvalue weighted by molar-refractivity contribution is 0.715. The minimum absolute atomic E-state index is 0.329. The lowest BCUT2D eigenvalue weighted by Crippen LogP contribution is -2.03. The van der Waals surface area contributed by atoms with Crippen LogP contribution in [0.4, 0.5) is 0 Å². The van der Waals surface area contributed by atoms with Gasteiger partial charge in [0.2, 0.25) is 0 Å². The number of hydrogen-bond acceptors (Lipinski definition) is 3. The van der Waals surface area contributed by atoms with Crippen molar-refractivity contribution < 1.29 is 0 Å². The van der Waals surface area contributed by atoms with E-state index in [-0.39, 0.29) is 0 Å². The second kappa shape index (κ2) is 7.67. The summed E-state index contributed by atoms with van der Waals surface area (Å²) in [4.78, 5) is 16.6. The van der Waals surface area contributed by atoms with Crippen LogP contribution in [0.25, 0.3) is 11.0 Å². The molecule has 0 spiro atoms. The van der Waals surface area contributed by atoms with Crippen molar-refractivity contribution in [1.82, 2.24) is 19.9 Å². The largest absolute Gasteiger partial charge is 0.346 e. The zero-order valence-electron chi connectivity index (χ0n) is 14.8. The zero-order valence-corrected chi connectivity index (χ0v) is 16.3. The molecule has 0 fully saturated rings. The Morgan fingerprint density at radius 2 is 1.70 bits per heavy atom. The standard InChI is InChI=1S/C21H18Cl2N4/c1-13(15-2-4-17(22)5-3-15)6-20-24-9-14(10-25-20)7-16-11-26-21-19(16)8-18(23)12-27-21/h2-5,8-13H,6-7H2,1H3,(H,26,27). The molecule has 6 heteroatoms. The van der Waals surface area contributed by atoms with Crippen LogP contribution in [-0.2, 0) is 12.8 Å². The van der Waals surface area contributed by atoms with Crippen molar-refractivity contribution >= 4 is 34.2 Å². The predicted molar refractivity (Wildman–Crippen MR) is 110 cm³/mol. The normalized spacial score (nSPS) is 12.4. The van der Waals surface area contributed by atoms with E-state index in [4.69, 9.17) is 23.2 Å². The summed E-state index contributed by atoms with van der Waals surface area (Å²) in [7, 11) is 0. The smallest absolute Gasteiger partial charge is 0.137 e. The van der Waals surface area contributed by atoms with Crippen LogP contribution in [0.1, 0.15) is 35.4 Å². The van der Waals surface area contributed by atoms with E-state index in [0.717, 1.165) is 45.8 Å². The molecule has 3 aromatic heterocycles. The third-order valence-electron chi connectivity index (χ3n) is 4.66. The van der Waals surface area contributed by atoms with E-state index in [1.807, 2.05) is 36.8 Å². The second-order valence-electron chi connectivity index (χ2n) is 6.70. The first-order valence-electron chi connectivity index (χ1n) is 8.75. The number of hydrogen-bond donors (Lipinski definition) is 1.